The Hall–Kier alpha value is -2.63. The normalized spacial score (nSPS) is 19.9. The van der Waals surface area contributed by atoms with Crippen LogP contribution in [-0.4, -0.2) is 30.1 Å². The van der Waals surface area contributed by atoms with Gasteiger partial charge in [-0.3, -0.25) is 9.59 Å². The number of hydrogen-bond acceptors (Lipinski definition) is 4. The van der Waals surface area contributed by atoms with Gasteiger partial charge in [-0.15, -0.1) is 0 Å². The van der Waals surface area contributed by atoms with Crippen molar-refractivity contribution in [1.29, 1.82) is 0 Å². The monoisotopic (exact) mass is 317 g/mol. The molecule has 0 aliphatic heterocycles. The molecule has 23 heavy (non-hydrogen) atoms. The zero-order chi connectivity index (χ0) is 17.0. The maximum atomic E-state index is 12.5. The van der Waals surface area contributed by atoms with Gasteiger partial charge in [0, 0.05) is 5.69 Å². The van der Waals surface area contributed by atoms with Gasteiger partial charge >= 0.3 is 11.9 Å². The molecular weight excluding hydrogens is 298 g/mol. The number of allylic oxidation sites excluding steroid dienone is 2. The summed E-state index contributed by atoms with van der Waals surface area (Å²) in [7, 11) is 1.28. The number of carbonyl (C=O) groups excluding carboxylic acids is 2. The quantitative estimate of drug-likeness (QED) is 0.657. The van der Waals surface area contributed by atoms with Gasteiger partial charge in [0.2, 0.25) is 5.91 Å². The molecule has 1 aromatic rings. The van der Waals surface area contributed by atoms with Crippen molar-refractivity contribution in [1.82, 2.24) is 0 Å². The molecule has 0 heterocycles. The molecule has 1 aliphatic carbocycles. The smallest absolute Gasteiger partial charge is 0.337 e. The first-order chi connectivity index (χ1) is 10.9. The number of anilines is 1. The van der Waals surface area contributed by atoms with Crippen LogP contribution in [0.3, 0.4) is 0 Å². The van der Waals surface area contributed by atoms with E-state index in [-0.39, 0.29) is 5.91 Å². The van der Waals surface area contributed by atoms with E-state index < -0.39 is 23.8 Å². The first-order valence-corrected chi connectivity index (χ1v) is 7.31. The summed E-state index contributed by atoms with van der Waals surface area (Å²) < 4.78 is 4.66. The molecule has 1 amide bonds. The van der Waals surface area contributed by atoms with Crippen molar-refractivity contribution in [2.24, 2.45) is 11.8 Å². The number of nitrogens with one attached hydrogen (secondary N) is 1. The summed E-state index contributed by atoms with van der Waals surface area (Å²) in [5.74, 6) is -3.19. The van der Waals surface area contributed by atoms with Crippen molar-refractivity contribution in [3.63, 3.8) is 0 Å². The van der Waals surface area contributed by atoms with Gasteiger partial charge in [0.05, 0.1) is 24.5 Å². The molecule has 0 radical (unpaired) electrons. The summed E-state index contributed by atoms with van der Waals surface area (Å²) in [6, 6.07) is 4.85. The van der Waals surface area contributed by atoms with Crippen molar-refractivity contribution in [3.05, 3.63) is 41.5 Å². The molecule has 2 N–H and O–H groups in total. The number of aliphatic carboxylic acids is 1. The highest BCUT2D eigenvalue weighted by molar-refractivity contribution is 5.98. The van der Waals surface area contributed by atoms with E-state index in [9.17, 15) is 19.5 Å². The fraction of sp³-hybridized carbons (Fsp3) is 0.353. The van der Waals surface area contributed by atoms with Crippen LogP contribution in [0.1, 0.15) is 28.8 Å². The number of methoxy groups -OCH3 is 1. The average Bonchev–Trinajstić information content (AvgIpc) is 2.56. The van der Waals surface area contributed by atoms with Crippen LogP contribution in [0.25, 0.3) is 0 Å². The maximum Gasteiger partial charge on any atom is 0.337 e. The van der Waals surface area contributed by atoms with Crippen molar-refractivity contribution in [3.8, 4) is 0 Å². The summed E-state index contributed by atoms with van der Waals surface area (Å²) in [6.45, 7) is 1.80. The van der Waals surface area contributed by atoms with Crippen LogP contribution in [0.15, 0.2) is 30.4 Å². The summed E-state index contributed by atoms with van der Waals surface area (Å²) in [4.78, 5) is 35.3. The Labute approximate surface area is 134 Å². The van der Waals surface area contributed by atoms with Crippen molar-refractivity contribution >= 4 is 23.5 Å². The highest BCUT2D eigenvalue weighted by Gasteiger charge is 2.34. The molecule has 6 nitrogen and oxygen atoms in total. The van der Waals surface area contributed by atoms with Gasteiger partial charge in [-0.1, -0.05) is 18.2 Å². The Morgan fingerprint density at radius 1 is 1.17 bits per heavy atom. The van der Waals surface area contributed by atoms with Crippen LogP contribution in [-0.2, 0) is 14.3 Å². The van der Waals surface area contributed by atoms with Gasteiger partial charge < -0.3 is 15.2 Å². The van der Waals surface area contributed by atoms with E-state index in [4.69, 9.17) is 0 Å². The number of amides is 1. The zero-order valence-electron chi connectivity index (χ0n) is 13.0. The number of hydrogen-bond donors (Lipinski definition) is 2. The standard InChI is InChI=1S/C17H19NO5/c1-10-7-8-11(17(22)23-2)9-14(10)18-15(19)12-5-3-4-6-13(12)16(20)21/h3-4,7-9,12-13H,5-6H2,1-2H3,(H,18,19)(H,20,21). The number of benzene rings is 1. The molecule has 0 saturated heterocycles. The Morgan fingerprint density at radius 3 is 2.43 bits per heavy atom. The Balaban J connectivity index is 2.21. The minimum atomic E-state index is -0.977. The fourth-order valence-corrected chi connectivity index (χ4v) is 2.60. The molecule has 1 aliphatic rings. The highest BCUT2D eigenvalue weighted by atomic mass is 16.5. The van der Waals surface area contributed by atoms with Crippen LogP contribution < -0.4 is 5.32 Å². The molecule has 0 saturated carbocycles. The van der Waals surface area contributed by atoms with Crippen LogP contribution >= 0.6 is 0 Å². The highest BCUT2D eigenvalue weighted by Crippen LogP contribution is 2.28. The van der Waals surface area contributed by atoms with Crippen LogP contribution in [0.4, 0.5) is 5.69 Å². The third-order valence-corrected chi connectivity index (χ3v) is 4.00. The first-order valence-electron chi connectivity index (χ1n) is 7.31. The Bertz CT molecular complexity index is 665. The van der Waals surface area contributed by atoms with Crippen molar-refractivity contribution in [2.45, 2.75) is 19.8 Å². The first kappa shape index (κ1) is 16.7. The van der Waals surface area contributed by atoms with Gasteiger partial charge in [0.1, 0.15) is 0 Å². The lowest BCUT2D eigenvalue weighted by Gasteiger charge is -2.24. The second-order valence-corrected chi connectivity index (χ2v) is 5.50. The summed E-state index contributed by atoms with van der Waals surface area (Å²) in [6.07, 6.45) is 4.33. The van der Waals surface area contributed by atoms with E-state index in [1.165, 1.54) is 13.2 Å². The maximum absolute atomic E-state index is 12.5. The van der Waals surface area contributed by atoms with Crippen LogP contribution in [0, 0.1) is 18.8 Å². The predicted octanol–water partition coefficient (Wildman–Crippen LogP) is 2.39. The minimum Gasteiger partial charge on any atom is -0.481 e. The fourth-order valence-electron chi connectivity index (χ4n) is 2.60. The van der Waals surface area contributed by atoms with E-state index in [1.807, 2.05) is 6.08 Å². The zero-order valence-corrected chi connectivity index (χ0v) is 13.0. The number of aryl methyl sites for hydroxylation is 1. The largest absolute Gasteiger partial charge is 0.481 e. The van der Waals surface area contributed by atoms with Gasteiger partial charge in [-0.25, -0.2) is 4.79 Å². The molecule has 0 fully saturated rings. The SMILES string of the molecule is COC(=O)c1ccc(C)c(NC(=O)C2CC=CCC2C(=O)O)c1. The molecule has 0 bridgehead atoms. The van der Waals surface area contributed by atoms with E-state index in [0.717, 1.165) is 5.56 Å². The van der Waals surface area contributed by atoms with E-state index in [2.05, 4.69) is 10.1 Å². The average molecular weight is 317 g/mol. The number of rotatable bonds is 4. The lowest BCUT2D eigenvalue weighted by molar-refractivity contribution is -0.146. The van der Waals surface area contributed by atoms with Crippen LogP contribution in [0.5, 0.6) is 0 Å². The molecule has 2 rings (SSSR count). The number of carboxylic acids is 1. The molecule has 122 valence electrons. The van der Waals surface area contributed by atoms with Crippen molar-refractivity contribution < 1.29 is 24.2 Å². The van der Waals surface area contributed by atoms with Gasteiger partial charge in [0.25, 0.3) is 0 Å². The molecule has 6 heteroatoms. The summed E-state index contributed by atoms with van der Waals surface area (Å²) >= 11 is 0. The van der Waals surface area contributed by atoms with Gasteiger partial charge in [-0.05, 0) is 37.5 Å². The van der Waals surface area contributed by atoms with E-state index in [1.54, 1.807) is 25.1 Å². The molecule has 0 aromatic heterocycles. The van der Waals surface area contributed by atoms with Crippen molar-refractivity contribution in [2.75, 3.05) is 12.4 Å². The molecule has 2 atom stereocenters. The summed E-state index contributed by atoms with van der Waals surface area (Å²) in [5.41, 5.74) is 1.59. The van der Waals surface area contributed by atoms with E-state index in [0.29, 0.717) is 24.1 Å². The third-order valence-electron chi connectivity index (χ3n) is 4.00. The Morgan fingerprint density at radius 2 is 1.83 bits per heavy atom. The van der Waals surface area contributed by atoms with E-state index >= 15 is 0 Å². The third kappa shape index (κ3) is 3.77. The minimum absolute atomic E-state index is 0.326. The van der Waals surface area contributed by atoms with Gasteiger partial charge in [0.15, 0.2) is 0 Å². The number of carbonyl (C=O) groups is 3. The molecule has 0 spiro atoms. The molecule has 1 aromatic carbocycles. The second-order valence-electron chi connectivity index (χ2n) is 5.50. The predicted molar refractivity (Wildman–Crippen MR) is 84.1 cm³/mol. The van der Waals surface area contributed by atoms with Crippen LogP contribution in [0.2, 0.25) is 0 Å². The number of esters is 1. The lowest BCUT2D eigenvalue weighted by Crippen LogP contribution is -2.34. The summed E-state index contributed by atoms with van der Waals surface area (Å²) in [5, 5.41) is 12.0. The topological polar surface area (TPSA) is 92.7 Å². The molecule has 2 unspecified atom stereocenters. The lowest BCUT2D eigenvalue weighted by atomic mass is 9.82. The number of ether oxygens (including phenoxy) is 1. The molecular formula is C17H19NO5. The number of carboxylic acid groups (broad SMARTS) is 1. The second kappa shape index (κ2) is 7.09. The Kier molecular flexibility index (Phi) is 5.16. The van der Waals surface area contributed by atoms with Gasteiger partial charge in [-0.2, -0.15) is 0 Å².